The van der Waals surface area contributed by atoms with Crippen molar-refractivity contribution in [3.63, 3.8) is 0 Å². The number of likely N-dealkylation sites (tertiary alicyclic amines) is 1. The van der Waals surface area contributed by atoms with Crippen molar-refractivity contribution >= 4 is 34.2 Å². The van der Waals surface area contributed by atoms with E-state index in [0.29, 0.717) is 31.0 Å². The molecule has 150 valence electrons. The maximum absolute atomic E-state index is 13.9. The van der Waals surface area contributed by atoms with Crippen molar-refractivity contribution < 1.29 is 18.4 Å². The number of halogens is 3. The number of hydrogen-bond donors (Lipinski definition) is 0. The highest BCUT2D eigenvalue weighted by Crippen LogP contribution is 2.25. The van der Waals surface area contributed by atoms with Gasteiger partial charge < -0.3 is 9.47 Å². The van der Waals surface area contributed by atoms with E-state index in [-0.39, 0.29) is 18.0 Å². The molecule has 2 heterocycles. The summed E-state index contributed by atoms with van der Waals surface area (Å²) in [5.41, 5.74) is 0.669. The van der Waals surface area contributed by atoms with E-state index in [1.54, 1.807) is 11.0 Å². The number of benzene rings is 2. The zero-order chi connectivity index (χ0) is 20.5. The van der Waals surface area contributed by atoms with Gasteiger partial charge in [0, 0.05) is 35.7 Å². The van der Waals surface area contributed by atoms with Gasteiger partial charge in [0.25, 0.3) is 0 Å². The van der Waals surface area contributed by atoms with E-state index in [4.69, 9.17) is 11.6 Å². The number of amides is 1. The number of Topliss-reactive ketones (excluding diaryl/α,β-unsaturated/α-hetero) is 1. The van der Waals surface area contributed by atoms with Crippen LogP contribution in [-0.4, -0.2) is 34.2 Å². The monoisotopic (exact) mass is 416 g/mol. The number of fused-ring (bicyclic) bond motifs is 1. The number of ketones is 1. The molecule has 4 rings (SSSR count). The number of carbonyl (C=O) groups is 2. The van der Waals surface area contributed by atoms with E-state index >= 15 is 0 Å². The van der Waals surface area contributed by atoms with Crippen molar-refractivity contribution in [3.05, 3.63) is 70.9 Å². The number of carbonyl (C=O) groups excluding carboxylic acids is 2. The fourth-order valence-electron chi connectivity index (χ4n) is 3.84. The van der Waals surface area contributed by atoms with Crippen LogP contribution in [0.2, 0.25) is 5.02 Å². The van der Waals surface area contributed by atoms with Gasteiger partial charge in [0.1, 0.15) is 18.2 Å². The number of rotatable bonds is 4. The molecule has 0 radical (unpaired) electrons. The summed E-state index contributed by atoms with van der Waals surface area (Å²) in [6.45, 7) is 0.999. The van der Waals surface area contributed by atoms with E-state index in [1.165, 1.54) is 0 Å². The predicted molar refractivity (Wildman–Crippen MR) is 107 cm³/mol. The van der Waals surface area contributed by atoms with Gasteiger partial charge in [-0.25, -0.2) is 8.78 Å². The van der Waals surface area contributed by atoms with Gasteiger partial charge in [-0.1, -0.05) is 17.7 Å². The van der Waals surface area contributed by atoms with Gasteiger partial charge in [-0.2, -0.15) is 0 Å². The molecule has 3 aromatic rings. The second kappa shape index (κ2) is 7.95. The lowest BCUT2D eigenvalue weighted by Gasteiger charge is -2.31. The zero-order valence-electron chi connectivity index (χ0n) is 15.6. The van der Waals surface area contributed by atoms with Crippen molar-refractivity contribution in [1.29, 1.82) is 0 Å². The minimum atomic E-state index is -0.715. The van der Waals surface area contributed by atoms with Crippen LogP contribution in [0.5, 0.6) is 0 Å². The second-order valence-electron chi connectivity index (χ2n) is 7.29. The first-order chi connectivity index (χ1) is 13.9. The highest BCUT2D eigenvalue weighted by atomic mass is 35.5. The molecule has 7 heteroatoms. The number of piperidine rings is 1. The highest BCUT2D eigenvalue weighted by Gasteiger charge is 2.29. The lowest BCUT2D eigenvalue weighted by Crippen LogP contribution is -2.41. The molecular weight excluding hydrogens is 398 g/mol. The Labute approximate surface area is 171 Å². The van der Waals surface area contributed by atoms with Crippen LogP contribution in [0.4, 0.5) is 8.78 Å². The molecule has 0 spiro atoms. The molecule has 1 aliphatic rings. The number of nitrogens with zero attached hydrogens (tertiary/aromatic N) is 2. The third-order valence-corrected chi connectivity index (χ3v) is 5.69. The summed E-state index contributed by atoms with van der Waals surface area (Å²) in [6, 6.07) is 10.4. The zero-order valence-corrected chi connectivity index (χ0v) is 16.3. The summed E-state index contributed by atoms with van der Waals surface area (Å²) in [5, 5.41) is 1.61. The van der Waals surface area contributed by atoms with Crippen LogP contribution in [-0.2, 0) is 11.3 Å². The average molecular weight is 417 g/mol. The van der Waals surface area contributed by atoms with Gasteiger partial charge in [0.05, 0.1) is 5.56 Å². The molecule has 1 aliphatic heterocycles. The van der Waals surface area contributed by atoms with Gasteiger partial charge in [-0.15, -0.1) is 0 Å². The lowest BCUT2D eigenvalue weighted by molar-refractivity contribution is -0.133. The first kappa shape index (κ1) is 19.6. The van der Waals surface area contributed by atoms with Crippen LogP contribution in [0, 0.1) is 17.6 Å². The Morgan fingerprint density at radius 1 is 1.03 bits per heavy atom. The first-order valence-corrected chi connectivity index (χ1v) is 9.81. The largest absolute Gasteiger partial charge is 0.341 e. The van der Waals surface area contributed by atoms with Crippen LogP contribution in [0.15, 0.2) is 48.7 Å². The molecule has 0 N–H and O–H groups in total. The summed E-state index contributed by atoms with van der Waals surface area (Å²) in [4.78, 5) is 27.0. The quantitative estimate of drug-likeness (QED) is 0.579. The van der Waals surface area contributed by atoms with E-state index in [0.717, 1.165) is 29.1 Å². The topological polar surface area (TPSA) is 42.3 Å². The van der Waals surface area contributed by atoms with E-state index < -0.39 is 23.3 Å². The molecule has 1 amide bonds. The van der Waals surface area contributed by atoms with Crippen molar-refractivity contribution in [3.8, 4) is 0 Å². The smallest absolute Gasteiger partial charge is 0.242 e. The molecular formula is C22H19ClF2N2O2. The maximum atomic E-state index is 13.9. The van der Waals surface area contributed by atoms with Crippen molar-refractivity contribution in [2.75, 3.05) is 13.1 Å². The van der Waals surface area contributed by atoms with Crippen LogP contribution in [0.25, 0.3) is 10.9 Å². The van der Waals surface area contributed by atoms with E-state index in [9.17, 15) is 18.4 Å². The molecule has 1 aromatic heterocycles. The van der Waals surface area contributed by atoms with Crippen molar-refractivity contribution in [2.24, 2.45) is 5.92 Å². The minimum Gasteiger partial charge on any atom is -0.341 e. The number of hydrogen-bond acceptors (Lipinski definition) is 2. The SMILES string of the molecule is O=C(c1cc(F)ccc1F)C1CCN(C(=O)Cn2ccc3ccc(Cl)cc32)CC1. The standard InChI is InChI=1S/C22H19ClF2N2O2/c23-16-2-1-14-5-10-27(20(14)11-16)13-21(28)26-8-6-15(7-9-26)22(29)18-12-17(24)3-4-19(18)25/h1-5,10-12,15H,6-9,13H2. The lowest BCUT2D eigenvalue weighted by atomic mass is 9.88. The first-order valence-electron chi connectivity index (χ1n) is 9.44. The molecule has 1 saturated heterocycles. The van der Waals surface area contributed by atoms with Gasteiger partial charge >= 0.3 is 0 Å². The molecule has 29 heavy (non-hydrogen) atoms. The van der Waals surface area contributed by atoms with Crippen LogP contribution in [0.3, 0.4) is 0 Å². The Bertz CT molecular complexity index is 1090. The summed E-state index contributed by atoms with van der Waals surface area (Å²) < 4.78 is 29.1. The Morgan fingerprint density at radius 2 is 1.79 bits per heavy atom. The Balaban J connectivity index is 1.40. The van der Waals surface area contributed by atoms with Gasteiger partial charge in [0.2, 0.25) is 5.91 Å². The van der Waals surface area contributed by atoms with Gasteiger partial charge in [-0.3, -0.25) is 9.59 Å². The molecule has 4 nitrogen and oxygen atoms in total. The highest BCUT2D eigenvalue weighted by molar-refractivity contribution is 6.31. The molecule has 0 saturated carbocycles. The van der Waals surface area contributed by atoms with Crippen LogP contribution in [0.1, 0.15) is 23.2 Å². The molecule has 0 aliphatic carbocycles. The molecule has 0 unspecified atom stereocenters. The van der Waals surface area contributed by atoms with Crippen LogP contribution >= 0.6 is 11.6 Å². The summed E-state index contributed by atoms with van der Waals surface area (Å²) in [7, 11) is 0. The molecule has 0 bridgehead atoms. The predicted octanol–water partition coefficient (Wildman–Crippen LogP) is 4.69. The Hall–Kier alpha value is -2.73. The fourth-order valence-corrected chi connectivity index (χ4v) is 4.00. The fraction of sp³-hybridized carbons (Fsp3) is 0.273. The summed E-state index contributed by atoms with van der Waals surface area (Å²) in [6.07, 6.45) is 2.71. The van der Waals surface area contributed by atoms with Crippen molar-refractivity contribution in [2.45, 2.75) is 19.4 Å². The van der Waals surface area contributed by atoms with E-state index in [2.05, 4.69) is 0 Å². The normalized spacial score (nSPS) is 15.1. The Morgan fingerprint density at radius 3 is 2.55 bits per heavy atom. The minimum absolute atomic E-state index is 0.0506. The Kier molecular flexibility index (Phi) is 5.37. The second-order valence-corrected chi connectivity index (χ2v) is 7.73. The molecule has 2 aromatic carbocycles. The molecule has 1 fully saturated rings. The molecule has 0 atom stereocenters. The third-order valence-electron chi connectivity index (χ3n) is 5.45. The van der Waals surface area contributed by atoms with Crippen molar-refractivity contribution in [1.82, 2.24) is 9.47 Å². The van der Waals surface area contributed by atoms with E-state index in [1.807, 2.05) is 29.0 Å². The third kappa shape index (κ3) is 4.03. The van der Waals surface area contributed by atoms with Gasteiger partial charge in [-0.05, 0) is 54.6 Å². The summed E-state index contributed by atoms with van der Waals surface area (Å²) >= 11 is 6.06. The van der Waals surface area contributed by atoms with Crippen LogP contribution < -0.4 is 0 Å². The van der Waals surface area contributed by atoms with Gasteiger partial charge in [0.15, 0.2) is 5.78 Å². The average Bonchev–Trinajstić information content (AvgIpc) is 3.11. The maximum Gasteiger partial charge on any atom is 0.242 e. The summed E-state index contributed by atoms with van der Waals surface area (Å²) in [5.74, 6) is -2.22. The number of aromatic nitrogens is 1.